The van der Waals surface area contributed by atoms with Crippen LogP contribution in [0.2, 0.25) is 0 Å². The van der Waals surface area contributed by atoms with Gasteiger partial charge in [0, 0.05) is 17.5 Å². The van der Waals surface area contributed by atoms with Gasteiger partial charge in [0.05, 0.1) is 0 Å². The van der Waals surface area contributed by atoms with Crippen LogP contribution in [0.15, 0.2) is 71.6 Å². The smallest absolute Gasteiger partial charge is 0.404 e. The van der Waals surface area contributed by atoms with Crippen LogP contribution in [0.25, 0.3) is 0 Å². The Bertz CT molecular complexity index is 981. The predicted molar refractivity (Wildman–Crippen MR) is 127 cm³/mol. The average Bonchev–Trinajstić information content (AvgIpc) is 3.02. The topological polar surface area (TPSA) is 49.9 Å². The molecule has 0 aromatic carbocycles. The normalized spacial score (nSPS) is 32.2. The number of carbonyl (C=O) groups excluding carboxylic acids is 2. The summed E-state index contributed by atoms with van der Waals surface area (Å²) in [5.41, 5.74) is 3.41. The molecular formula is C27H34N2O3. The Morgan fingerprint density at radius 2 is 2.03 bits per heavy atom. The number of nitrogens with zero attached hydrogens (tertiary/aromatic N) is 2. The van der Waals surface area contributed by atoms with E-state index in [9.17, 15) is 9.59 Å². The third kappa shape index (κ3) is 3.73. The number of hydrogen-bond donors (Lipinski definition) is 0. The number of imide groups is 1. The maximum absolute atomic E-state index is 12.9. The van der Waals surface area contributed by atoms with E-state index >= 15 is 0 Å². The van der Waals surface area contributed by atoms with Gasteiger partial charge in [0.2, 0.25) is 0 Å². The summed E-state index contributed by atoms with van der Waals surface area (Å²) >= 11 is 0. The number of carbonyl (C=O) groups is 2. The number of ether oxygens (including phenoxy) is 1. The Labute approximate surface area is 191 Å². The summed E-state index contributed by atoms with van der Waals surface area (Å²) in [7, 11) is 0. The molecule has 3 saturated heterocycles. The van der Waals surface area contributed by atoms with Crippen molar-refractivity contribution < 1.29 is 14.3 Å². The lowest BCUT2D eigenvalue weighted by molar-refractivity contribution is -0.123. The molecule has 2 unspecified atom stereocenters. The molecule has 0 saturated carbocycles. The highest BCUT2D eigenvalue weighted by molar-refractivity contribution is 6.07. The van der Waals surface area contributed by atoms with Gasteiger partial charge in [-0.05, 0) is 81.8 Å². The summed E-state index contributed by atoms with van der Waals surface area (Å²) < 4.78 is 5.39. The Morgan fingerprint density at radius 1 is 1.25 bits per heavy atom. The third-order valence-corrected chi connectivity index (χ3v) is 7.75. The van der Waals surface area contributed by atoms with E-state index in [2.05, 4.69) is 37.5 Å². The molecule has 0 bridgehead atoms. The fourth-order valence-electron chi connectivity index (χ4n) is 5.75. The first kappa shape index (κ1) is 22.5. The average molecular weight is 435 g/mol. The van der Waals surface area contributed by atoms with E-state index in [4.69, 9.17) is 4.74 Å². The highest BCUT2D eigenvalue weighted by Gasteiger charge is 2.54. The fourth-order valence-corrected chi connectivity index (χ4v) is 5.75. The lowest BCUT2D eigenvalue weighted by Crippen LogP contribution is -2.63. The van der Waals surface area contributed by atoms with Crippen molar-refractivity contribution in [3.8, 4) is 0 Å². The van der Waals surface area contributed by atoms with Crippen LogP contribution >= 0.6 is 0 Å². The molecule has 170 valence electrons. The number of allylic oxidation sites excluding steroid dienone is 7. The minimum Gasteiger partial charge on any atom is -0.404 e. The van der Waals surface area contributed by atoms with Crippen molar-refractivity contribution >= 4 is 12.0 Å². The number of hydrogen-bond acceptors (Lipinski definition) is 4. The molecule has 32 heavy (non-hydrogen) atoms. The van der Waals surface area contributed by atoms with Gasteiger partial charge in [-0.2, -0.15) is 0 Å². The molecule has 3 fully saturated rings. The molecule has 1 aliphatic carbocycles. The zero-order valence-electron chi connectivity index (χ0n) is 19.5. The van der Waals surface area contributed by atoms with Gasteiger partial charge < -0.3 is 4.74 Å². The number of cyclic esters (lactones) is 1. The second kappa shape index (κ2) is 8.70. The van der Waals surface area contributed by atoms with E-state index in [1.807, 2.05) is 25.2 Å². The van der Waals surface area contributed by atoms with Gasteiger partial charge in [0.1, 0.15) is 0 Å². The molecule has 2 atom stereocenters. The van der Waals surface area contributed by atoms with Gasteiger partial charge in [-0.1, -0.05) is 50.0 Å². The van der Waals surface area contributed by atoms with Crippen molar-refractivity contribution in [3.63, 3.8) is 0 Å². The molecule has 3 aliphatic heterocycles. The third-order valence-electron chi connectivity index (χ3n) is 7.75. The van der Waals surface area contributed by atoms with E-state index in [0.29, 0.717) is 6.42 Å². The van der Waals surface area contributed by atoms with Crippen LogP contribution in [-0.2, 0) is 9.53 Å². The maximum atomic E-state index is 12.9. The van der Waals surface area contributed by atoms with Crippen molar-refractivity contribution in [1.29, 1.82) is 0 Å². The van der Waals surface area contributed by atoms with E-state index in [1.165, 1.54) is 16.9 Å². The number of amides is 2. The standard InChI is InChI=1S/C27H34N2O3/c1-5-7-10-20(6-2)12-16-29-24(30)23(32-25(29)31)18-21-17-22-11-8-14-28-15-9-13-26(3,19-21)27(22,28)4/h5-7,10,17-19H,2,8-9,11-16H2,1,3-4H3/b7-5-,20-10+,23-18+. The predicted octanol–water partition coefficient (Wildman–Crippen LogP) is 5.45. The van der Waals surface area contributed by atoms with Gasteiger partial charge in [0.25, 0.3) is 5.91 Å². The highest BCUT2D eigenvalue weighted by atomic mass is 16.6. The first-order chi connectivity index (χ1) is 15.3. The fraction of sp³-hybridized carbons (Fsp3) is 0.481. The van der Waals surface area contributed by atoms with Crippen molar-refractivity contribution in [2.24, 2.45) is 5.41 Å². The largest absolute Gasteiger partial charge is 0.422 e. The minimum absolute atomic E-state index is 0.00392. The molecule has 0 radical (unpaired) electrons. The Hall–Kier alpha value is -2.66. The van der Waals surface area contributed by atoms with Crippen LogP contribution < -0.4 is 0 Å². The summed E-state index contributed by atoms with van der Waals surface area (Å²) in [6, 6.07) is 0. The lowest BCUT2D eigenvalue weighted by Gasteiger charge is -2.60. The molecule has 0 aromatic heterocycles. The molecule has 3 heterocycles. The summed E-state index contributed by atoms with van der Waals surface area (Å²) in [5.74, 6) is -0.248. The monoisotopic (exact) mass is 434 g/mol. The molecule has 0 aromatic rings. The van der Waals surface area contributed by atoms with Gasteiger partial charge >= 0.3 is 6.09 Å². The summed E-state index contributed by atoms with van der Waals surface area (Å²) in [5, 5.41) is 0. The summed E-state index contributed by atoms with van der Waals surface area (Å²) in [6.45, 7) is 13.0. The van der Waals surface area contributed by atoms with Gasteiger partial charge in [-0.25, -0.2) is 9.69 Å². The van der Waals surface area contributed by atoms with Gasteiger partial charge in [-0.15, -0.1) is 0 Å². The number of rotatable bonds is 6. The lowest BCUT2D eigenvalue weighted by atomic mass is 9.57. The first-order valence-corrected chi connectivity index (χ1v) is 11.7. The second-order valence-corrected chi connectivity index (χ2v) is 9.55. The van der Waals surface area contributed by atoms with E-state index in [1.54, 1.807) is 12.2 Å². The highest BCUT2D eigenvalue weighted by Crippen LogP contribution is 2.55. The Balaban J connectivity index is 1.56. The molecular weight excluding hydrogens is 400 g/mol. The summed E-state index contributed by atoms with van der Waals surface area (Å²) in [6.07, 6.45) is 18.3. The zero-order valence-corrected chi connectivity index (χ0v) is 19.5. The molecule has 0 N–H and O–H groups in total. The van der Waals surface area contributed by atoms with Crippen LogP contribution in [0, 0.1) is 5.41 Å². The minimum atomic E-state index is -0.600. The molecule has 4 rings (SSSR count). The van der Waals surface area contributed by atoms with Crippen molar-refractivity contribution in [1.82, 2.24) is 9.80 Å². The summed E-state index contributed by atoms with van der Waals surface area (Å²) in [4.78, 5) is 29.2. The van der Waals surface area contributed by atoms with Crippen molar-refractivity contribution in [2.45, 2.75) is 58.4 Å². The maximum Gasteiger partial charge on any atom is 0.422 e. The van der Waals surface area contributed by atoms with Crippen molar-refractivity contribution in [2.75, 3.05) is 19.6 Å². The molecule has 5 heteroatoms. The Morgan fingerprint density at radius 3 is 2.78 bits per heavy atom. The van der Waals surface area contributed by atoms with Gasteiger partial charge in [0.15, 0.2) is 5.76 Å². The van der Waals surface area contributed by atoms with Crippen LogP contribution in [-0.4, -0.2) is 47.0 Å². The van der Waals surface area contributed by atoms with E-state index in [-0.39, 0.29) is 29.2 Å². The quantitative estimate of drug-likeness (QED) is 0.412. The van der Waals surface area contributed by atoms with Crippen molar-refractivity contribution in [3.05, 3.63) is 71.6 Å². The first-order valence-electron chi connectivity index (χ1n) is 11.7. The molecule has 0 spiro atoms. The zero-order chi connectivity index (χ0) is 22.9. The van der Waals surface area contributed by atoms with Crippen LogP contribution in [0.5, 0.6) is 0 Å². The van der Waals surface area contributed by atoms with E-state index in [0.717, 1.165) is 43.5 Å². The van der Waals surface area contributed by atoms with Crippen LogP contribution in [0.4, 0.5) is 4.79 Å². The second-order valence-electron chi connectivity index (χ2n) is 9.55. The molecule has 5 nitrogen and oxygen atoms in total. The van der Waals surface area contributed by atoms with E-state index < -0.39 is 6.09 Å². The molecule has 4 aliphatic rings. The number of piperidine rings is 2. The van der Waals surface area contributed by atoms with Crippen LogP contribution in [0.3, 0.4) is 0 Å². The molecule has 2 amide bonds. The SMILES string of the molecule is C=C/C(=C\C=C/C)CCN1C(=O)O/C(=C/C2=CC3(C)CCCN4CCCC(=C2)C43C)C1=O. The van der Waals surface area contributed by atoms with Gasteiger partial charge in [-0.3, -0.25) is 9.69 Å². The Kier molecular flexibility index (Phi) is 6.13. The van der Waals surface area contributed by atoms with Crippen LogP contribution in [0.1, 0.15) is 52.9 Å².